The fourth-order valence-electron chi connectivity index (χ4n) is 4.61. The van der Waals surface area contributed by atoms with Crippen molar-refractivity contribution in [3.8, 4) is 17.6 Å². The van der Waals surface area contributed by atoms with E-state index in [1.807, 2.05) is 0 Å². The standard InChI is InChI=1S/C21H18F3N3O4S/c22-21(23,24)32(29,30)31-18-6-4-11(19-14-9-17(28)13(14)8-15(18)19)3-5-12-10-26-20(27-12)16-2-1-7-25-16/h4,6,10,13-14,16,25H,1-2,7-9H2,(H,26,27)/t13?,14?,16-/m0/s1. The van der Waals surface area contributed by atoms with Crippen LogP contribution in [0.25, 0.3) is 0 Å². The van der Waals surface area contributed by atoms with Crippen LogP contribution in [0.3, 0.4) is 0 Å². The van der Waals surface area contributed by atoms with Crippen LogP contribution >= 0.6 is 0 Å². The van der Waals surface area contributed by atoms with Crippen molar-refractivity contribution in [1.82, 2.24) is 15.3 Å². The molecule has 1 saturated heterocycles. The van der Waals surface area contributed by atoms with Crippen molar-refractivity contribution in [3.63, 3.8) is 0 Å². The lowest BCUT2D eigenvalue weighted by Gasteiger charge is -2.29. The fourth-order valence-corrected chi connectivity index (χ4v) is 5.10. The number of alkyl halides is 3. The Hall–Kier alpha value is -2.84. The minimum atomic E-state index is -5.81. The lowest BCUT2D eigenvalue weighted by Crippen LogP contribution is -2.32. The number of benzene rings is 1. The number of fused-ring (bicyclic) bond motifs is 3. The number of hydrogen-bond donors (Lipinski definition) is 2. The van der Waals surface area contributed by atoms with E-state index in [0.29, 0.717) is 22.4 Å². The highest BCUT2D eigenvalue weighted by Gasteiger charge is 2.51. The molecular formula is C21H18F3N3O4S. The summed E-state index contributed by atoms with van der Waals surface area (Å²) >= 11 is 0. The number of aromatic nitrogens is 2. The summed E-state index contributed by atoms with van der Waals surface area (Å²) in [7, 11) is -5.81. The van der Waals surface area contributed by atoms with Gasteiger partial charge in [-0.15, -0.1) is 0 Å². The molecule has 2 aliphatic carbocycles. The van der Waals surface area contributed by atoms with Crippen molar-refractivity contribution < 1.29 is 30.6 Å². The Morgan fingerprint density at radius 3 is 2.66 bits per heavy atom. The molecule has 168 valence electrons. The second-order valence-corrected chi connectivity index (χ2v) is 9.69. The van der Waals surface area contributed by atoms with Crippen molar-refractivity contribution in [2.45, 2.75) is 43.2 Å². The molecule has 3 aliphatic rings. The van der Waals surface area contributed by atoms with Crippen LogP contribution in [0.2, 0.25) is 0 Å². The van der Waals surface area contributed by atoms with Gasteiger partial charge in [-0.25, -0.2) is 4.98 Å². The molecule has 1 saturated carbocycles. The largest absolute Gasteiger partial charge is 0.534 e. The second kappa shape index (κ2) is 7.35. The van der Waals surface area contributed by atoms with Crippen molar-refractivity contribution in [1.29, 1.82) is 0 Å². The second-order valence-electron chi connectivity index (χ2n) is 8.16. The van der Waals surface area contributed by atoms with Gasteiger partial charge in [0.05, 0.1) is 12.2 Å². The first-order valence-corrected chi connectivity index (χ1v) is 11.5. The van der Waals surface area contributed by atoms with Gasteiger partial charge in [-0.3, -0.25) is 4.79 Å². The summed E-state index contributed by atoms with van der Waals surface area (Å²) in [6.45, 7) is 0.929. The number of rotatable bonds is 3. The topological polar surface area (TPSA) is 101 Å². The van der Waals surface area contributed by atoms with Gasteiger partial charge < -0.3 is 14.5 Å². The zero-order valence-corrected chi connectivity index (χ0v) is 17.4. The van der Waals surface area contributed by atoms with E-state index in [1.165, 1.54) is 12.1 Å². The molecule has 2 unspecified atom stereocenters. The van der Waals surface area contributed by atoms with Crippen LogP contribution in [0.4, 0.5) is 13.2 Å². The van der Waals surface area contributed by atoms with Crippen LogP contribution in [0.15, 0.2) is 18.3 Å². The molecule has 0 amide bonds. The van der Waals surface area contributed by atoms with E-state index in [4.69, 9.17) is 0 Å². The number of carbonyl (C=O) groups excluding carboxylic acids is 1. The minimum Gasteiger partial charge on any atom is -0.376 e. The maximum Gasteiger partial charge on any atom is 0.534 e. The highest BCUT2D eigenvalue weighted by Crippen LogP contribution is 2.52. The number of aromatic amines is 1. The summed E-state index contributed by atoms with van der Waals surface area (Å²) in [6, 6.07) is 2.76. The van der Waals surface area contributed by atoms with Crippen LogP contribution in [0.5, 0.6) is 5.75 Å². The van der Waals surface area contributed by atoms with Crippen LogP contribution in [0, 0.1) is 17.8 Å². The number of Topliss-reactive ketones (excluding diaryl/α,β-unsaturated/α-hetero) is 1. The van der Waals surface area contributed by atoms with Crippen LogP contribution in [-0.4, -0.2) is 36.2 Å². The molecule has 1 aromatic carbocycles. The summed E-state index contributed by atoms with van der Waals surface area (Å²) in [6.07, 6.45) is 4.05. The van der Waals surface area contributed by atoms with Crippen molar-refractivity contribution in [2.24, 2.45) is 5.92 Å². The zero-order valence-electron chi connectivity index (χ0n) is 16.6. The first-order chi connectivity index (χ1) is 15.1. The van der Waals surface area contributed by atoms with Gasteiger partial charge in [-0.2, -0.15) is 21.6 Å². The average molecular weight is 465 g/mol. The van der Waals surface area contributed by atoms with Gasteiger partial charge in [0.15, 0.2) is 0 Å². The Labute approximate surface area is 181 Å². The Morgan fingerprint density at radius 2 is 1.97 bits per heavy atom. The summed E-state index contributed by atoms with van der Waals surface area (Å²) in [4.78, 5) is 19.5. The Morgan fingerprint density at radius 1 is 1.16 bits per heavy atom. The molecular weight excluding hydrogens is 447 g/mol. The molecule has 11 heteroatoms. The van der Waals surface area contributed by atoms with E-state index >= 15 is 0 Å². The smallest absolute Gasteiger partial charge is 0.376 e. The molecule has 2 fully saturated rings. The molecule has 32 heavy (non-hydrogen) atoms. The number of halogens is 3. The van der Waals surface area contributed by atoms with Gasteiger partial charge in [-0.05, 0) is 49.4 Å². The Balaban J connectivity index is 1.48. The number of carbonyl (C=O) groups is 1. The molecule has 0 radical (unpaired) electrons. The van der Waals surface area contributed by atoms with E-state index in [0.717, 1.165) is 25.2 Å². The lowest BCUT2D eigenvalue weighted by molar-refractivity contribution is -0.130. The highest BCUT2D eigenvalue weighted by atomic mass is 32.2. The fraction of sp³-hybridized carbons (Fsp3) is 0.429. The van der Waals surface area contributed by atoms with E-state index in [2.05, 4.69) is 31.3 Å². The summed E-state index contributed by atoms with van der Waals surface area (Å²) in [5.74, 6) is 5.80. The summed E-state index contributed by atoms with van der Waals surface area (Å²) in [5.41, 5.74) is -3.54. The quantitative estimate of drug-likeness (QED) is 0.411. The minimum absolute atomic E-state index is 0.00277. The summed E-state index contributed by atoms with van der Waals surface area (Å²) < 4.78 is 65.8. The number of ketones is 1. The van der Waals surface area contributed by atoms with Gasteiger partial charge in [-0.1, -0.05) is 5.92 Å². The number of nitrogens with zero attached hydrogens (tertiary/aromatic N) is 1. The maximum absolute atomic E-state index is 12.8. The molecule has 2 aromatic rings. The van der Waals surface area contributed by atoms with E-state index in [9.17, 15) is 26.4 Å². The van der Waals surface area contributed by atoms with E-state index in [1.54, 1.807) is 6.20 Å². The normalized spacial score (nSPS) is 24.3. The van der Waals surface area contributed by atoms with Crippen LogP contribution in [-0.2, 0) is 21.3 Å². The third kappa shape index (κ3) is 3.47. The van der Waals surface area contributed by atoms with Gasteiger partial charge in [0.1, 0.15) is 23.1 Å². The molecule has 0 bridgehead atoms. The zero-order chi connectivity index (χ0) is 22.7. The molecule has 2 heterocycles. The van der Waals surface area contributed by atoms with Gasteiger partial charge in [0.2, 0.25) is 0 Å². The molecule has 5 rings (SSSR count). The van der Waals surface area contributed by atoms with Crippen molar-refractivity contribution >= 4 is 15.9 Å². The SMILES string of the molecule is O=C1CC2c3c(C#Cc4cnc([C@@H]5CCCN5)[nH]4)ccc(OS(=O)(=O)C(F)(F)F)c3CC12. The first-order valence-electron chi connectivity index (χ1n) is 10.1. The molecule has 0 spiro atoms. The third-order valence-electron chi connectivity index (χ3n) is 6.23. The van der Waals surface area contributed by atoms with E-state index < -0.39 is 21.4 Å². The number of hydrogen-bond acceptors (Lipinski definition) is 6. The van der Waals surface area contributed by atoms with Gasteiger partial charge >= 0.3 is 15.6 Å². The molecule has 1 aliphatic heterocycles. The Kier molecular flexibility index (Phi) is 4.83. The number of nitrogens with one attached hydrogen (secondary N) is 2. The number of H-pyrrole nitrogens is 1. The van der Waals surface area contributed by atoms with Crippen molar-refractivity contribution in [3.05, 3.63) is 46.5 Å². The van der Waals surface area contributed by atoms with E-state index in [-0.39, 0.29) is 36.5 Å². The van der Waals surface area contributed by atoms with Gasteiger partial charge in [0.25, 0.3) is 0 Å². The predicted molar refractivity (Wildman–Crippen MR) is 106 cm³/mol. The average Bonchev–Trinajstić information content (AvgIpc) is 3.45. The molecule has 1 aromatic heterocycles. The van der Waals surface area contributed by atoms with Gasteiger partial charge in [0, 0.05) is 29.4 Å². The maximum atomic E-state index is 12.8. The number of imidazole rings is 1. The molecule has 3 atom stereocenters. The van der Waals surface area contributed by atoms with Crippen LogP contribution < -0.4 is 9.50 Å². The Bertz CT molecular complexity index is 1270. The highest BCUT2D eigenvalue weighted by molar-refractivity contribution is 7.88. The van der Waals surface area contributed by atoms with Crippen molar-refractivity contribution in [2.75, 3.05) is 6.54 Å². The summed E-state index contributed by atoms with van der Waals surface area (Å²) in [5, 5.41) is 3.33. The van der Waals surface area contributed by atoms with Crippen LogP contribution in [0.1, 0.15) is 59.4 Å². The third-order valence-corrected chi connectivity index (χ3v) is 7.20. The monoisotopic (exact) mass is 465 g/mol. The predicted octanol–water partition coefficient (Wildman–Crippen LogP) is 2.69. The lowest BCUT2D eigenvalue weighted by atomic mass is 9.72. The molecule has 2 N–H and O–H groups in total. The molecule has 7 nitrogen and oxygen atoms in total. The first kappa shape index (κ1) is 21.0.